The number of urea groups is 1. The summed E-state index contributed by atoms with van der Waals surface area (Å²) in [6.07, 6.45) is 0. The van der Waals surface area contributed by atoms with E-state index < -0.39 is 23.5 Å². The van der Waals surface area contributed by atoms with E-state index in [2.05, 4.69) is 20.8 Å². The molecule has 0 aliphatic carbocycles. The number of nitrogens with zero attached hydrogens (tertiary/aromatic N) is 3. The second-order valence-corrected chi connectivity index (χ2v) is 9.45. The normalized spacial score (nSPS) is 24.8. The average Bonchev–Trinajstić information content (AvgIpc) is 3.20. The first kappa shape index (κ1) is 21.5. The number of aryl methyl sites for hydroxylation is 1. The van der Waals surface area contributed by atoms with Gasteiger partial charge in [-0.05, 0) is 5.56 Å². The zero-order valence-corrected chi connectivity index (χ0v) is 18.2. The monoisotopic (exact) mass is 463 g/mol. The van der Waals surface area contributed by atoms with Crippen molar-refractivity contribution in [3.05, 3.63) is 41.8 Å². The Bertz CT molecular complexity index is 987. The Morgan fingerprint density at radius 3 is 2.81 bits per heavy atom. The van der Waals surface area contributed by atoms with Gasteiger partial charge in [-0.2, -0.15) is 0 Å². The molecule has 3 N–H and O–H groups in total. The molecule has 0 saturated carbocycles. The number of hydrogen-bond donors (Lipinski definition) is 3. The molecule has 2 aliphatic heterocycles. The predicted octanol–water partition coefficient (Wildman–Crippen LogP) is 1.32. The van der Waals surface area contributed by atoms with Gasteiger partial charge in [0.2, 0.25) is 11.8 Å². The number of amides is 3. The topological polar surface area (TPSA) is 138 Å². The molecule has 4 rings (SSSR count). The molecule has 3 atom stereocenters. The lowest BCUT2D eigenvalue weighted by molar-refractivity contribution is -0.156. The molecule has 31 heavy (non-hydrogen) atoms. The number of fused-ring (bicyclic) bond motifs is 1. The Labute approximate surface area is 186 Å². The standard InChI is InChI=1S/C19H21N5O5S2/c1-11-22-23-18(29-11)31-10-19(16(26)27)8-24-14(25)13(15(24)30-9-19)21-17(28)20-7-12-5-3-2-4-6-12/h2-6,13,15H,7-10H2,1H3,(H,26,27)(H2,20,21,28)/t13?,15-,19?/m1/s1. The molecule has 1 aromatic heterocycles. The van der Waals surface area contributed by atoms with Gasteiger partial charge >= 0.3 is 12.0 Å². The molecule has 3 heterocycles. The number of carboxylic acids is 1. The Kier molecular flexibility index (Phi) is 6.10. The van der Waals surface area contributed by atoms with Crippen molar-refractivity contribution in [3.8, 4) is 0 Å². The predicted molar refractivity (Wildman–Crippen MR) is 113 cm³/mol. The van der Waals surface area contributed by atoms with Gasteiger partial charge < -0.3 is 25.1 Å². The van der Waals surface area contributed by atoms with Crippen LogP contribution in [0.2, 0.25) is 0 Å². The molecule has 3 amide bonds. The van der Waals surface area contributed by atoms with Crippen LogP contribution in [0, 0.1) is 12.3 Å². The molecule has 0 spiro atoms. The van der Waals surface area contributed by atoms with Crippen LogP contribution in [0.25, 0.3) is 0 Å². The van der Waals surface area contributed by atoms with Gasteiger partial charge in [0.15, 0.2) is 0 Å². The van der Waals surface area contributed by atoms with Crippen LogP contribution in [0.5, 0.6) is 0 Å². The number of hydrogen-bond acceptors (Lipinski definition) is 8. The largest absolute Gasteiger partial charge is 0.481 e. The van der Waals surface area contributed by atoms with Crippen molar-refractivity contribution in [1.29, 1.82) is 0 Å². The fraction of sp³-hybridized carbons (Fsp3) is 0.421. The highest BCUT2D eigenvalue weighted by Crippen LogP contribution is 2.44. The molecule has 12 heteroatoms. The molecule has 2 aromatic rings. The van der Waals surface area contributed by atoms with Crippen molar-refractivity contribution >= 4 is 41.4 Å². The number of β-lactam (4-membered cyclic amide) rings is 1. The third kappa shape index (κ3) is 4.49. The van der Waals surface area contributed by atoms with Crippen molar-refractivity contribution in [2.24, 2.45) is 5.41 Å². The number of carboxylic acid groups (broad SMARTS) is 1. The minimum atomic E-state index is -1.13. The fourth-order valence-corrected chi connectivity index (χ4v) is 6.08. The lowest BCUT2D eigenvalue weighted by Crippen LogP contribution is -2.74. The van der Waals surface area contributed by atoms with Crippen molar-refractivity contribution in [2.75, 3.05) is 18.1 Å². The highest BCUT2D eigenvalue weighted by Gasteiger charge is 2.57. The maximum atomic E-state index is 12.6. The summed E-state index contributed by atoms with van der Waals surface area (Å²) in [5, 5.41) is 22.9. The lowest BCUT2D eigenvalue weighted by atomic mass is 9.89. The van der Waals surface area contributed by atoms with Crippen LogP contribution >= 0.6 is 23.5 Å². The van der Waals surface area contributed by atoms with Crippen LogP contribution in [0.15, 0.2) is 40.0 Å². The van der Waals surface area contributed by atoms with Crippen LogP contribution in [-0.4, -0.2) is 67.6 Å². The molecule has 2 unspecified atom stereocenters. The molecule has 1 aromatic carbocycles. The van der Waals surface area contributed by atoms with Crippen LogP contribution < -0.4 is 10.6 Å². The number of carbonyl (C=O) groups excluding carboxylic acids is 2. The molecular formula is C19H21N5O5S2. The van der Waals surface area contributed by atoms with Gasteiger partial charge in [0.1, 0.15) is 16.8 Å². The molecular weight excluding hydrogens is 442 g/mol. The zero-order valence-electron chi connectivity index (χ0n) is 16.6. The van der Waals surface area contributed by atoms with Gasteiger partial charge in [-0.25, -0.2) is 4.79 Å². The van der Waals surface area contributed by atoms with E-state index in [0.717, 1.165) is 5.56 Å². The Morgan fingerprint density at radius 2 is 2.13 bits per heavy atom. The van der Waals surface area contributed by atoms with Crippen molar-refractivity contribution in [2.45, 2.75) is 30.1 Å². The van der Waals surface area contributed by atoms with Crippen molar-refractivity contribution < 1.29 is 23.9 Å². The SMILES string of the molecule is Cc1nnc(SCC2(C(=O)O)CS[C@@H]3C(NC(=O)NCc4ccccc4)C(=O)N3C2)o1. The van der Waals surface area contributed by atoms with E-state index in [-0.39, 0.29) is 23.6 Å². The van der Waals surface area contributed by atoms with E-state index in [1.807, 2.05) is 30.3 Å². The van der Waals surface area contributed by atoms with Crippen LogP contribution in [-0.2, 0) is 16.1 Å². The summed E-state index contributed by atoms with van der Waals surface area (Å²) in [5.74, 6) is -0.352. The molecule has 2 fully saturated rings. The summed E-state index contributed by atoms with van der Waals surface area (Å²) in [5.41, 5.74) is -0.184. The molecule has 164 valence electrons. The van der Waals surface area contributed by atoms with Gasteiger partial charge in [-0.15, -0.1) is 22.0 Å². The van der Waals surface area contributed by atoms with Crippen LogP contribution in [0.4, 0.5) is 4.79 Å². The number of rotatable bonds is 7. The molecule has 2 saturated heterocycles. The van der Waals surface area contributed by atoms with E-state index in [9.17, 15) is 19.5 Å². The van der Waals surface area contributed by atoms with Gasteiger partial charge in [0.05, 0.1) is 0 Å². The number of nitrogens with one attached hydrogen (secondary N) is 2. The summed E-state index contributed by atoms with van der Waals surface area (Å²) in [4.78, 5) is 38.4. The van der Waals surface area contributed by atoms with Gasteiger partial charge in [-0.1, -0.05) is 42.1 Å². The number of aromatic nitrogens is 2. The highest BCUT2D eigenvalue weighted by atomic mass is 32.2. The number of carbonyl (C=O) groups is 3. The highest BCUT2D eigenvalue weighted by molar-refractivity contribution is 8.00. The van der Waals surface area contributed by atoms with Crippen LogP contribution in [0.1, 0.15) is 11.5 Å². The number of aliphatic carboxylic acids is 1. The summed E-state index contributed by atoms with van der Waals surface area (Å²) >= 11 is 2.53. The minimum Gasteiger partial charge on any atom is -0.481 e. The van der Waals surface area contributed by atoms with E-state index >= 15 is 0 Å². The molecule has 2 aliphatic rings. The first-order valence-corrected chi connectivity index (χ1v) is 11.6. The van der Waals surface area contributed by atoms with Crippen LogP contribution in [0.3, 0.4) is 0 Å². The Hall–Kier alpha value is -2.73. The second kappa shape index (κ2) is 8.79. The average molecular weight is 464 g/mol. The third-order valence-corrected chi connectivity index (χ3v) is 7.86. The van der Waals surface area contributed by atoms with Gasteiger partial charge in [0, 0.05) is 31.5 Å². The van der Waals surface area contributed by atoms with Gasteiger partial charge in [-0.3, -0.25) is 9.59 Å². The van der Waals surface area contributed by atoms with E-state index in [4.69, 9.17) is 4.42 Å². The maximum Gasteiger partial charge on any atom is 0.315 e. The van der Waals surface area contributed by atoms with Gasteiger partial charge in [0.25, 0.3) is 5.22 Å². The van der Waals surface area contributed by atoms with E-state index in [0.29, 0.717) is 23.4 Å². The molecule has 10 nitrogen and oxygen atoms in total. The minimum absolute atomic E-state index is 0.0722. The summed E-state index contributed by atoms with van der Waals surface area (Å²) in [6, 6.07) is 8.35. The number of thioether (sulfide) groups is 2. The Morgan fingerprint density at radius 1 is 1.35 bits per heavy atom. The summed E-state index contributed by atoms with van der Waals surface area (Å²) in [7, 11) is 0. The summed E-state index contributed by atoms with van der Waals surface area (Å²) < 4.78 is 5.30. The van der Waals surface area contributed by atoms with Crippen molar-refractivity contribution in [3.63, 3.8) is 0 Å². The van der Waals surface area contributed by atoms with E-state index in [1.54, 1.807) is 6.92 Å². The first-order chi connectivity index (χ1) is 14.9. The zero-order chi connectivity index (χ0) is 22.0. The van der Waals surface area contributed by atoms with E-state index in [1.165, 1.54) is 28.4 Å². The summed E-state index contributed by atoms with van der Waals surface area (Å²) in [6.45, 7) is 2.08. The molecule has 0 radical (unpaired) electrons. The quantitative estimate of drug-likeness (QED) is 0.410. The van der Waals surface area contributed by atoms with Crippen molar-refractivity contribution in [1.82, 2.24) is 25.7 Å². The molecule has 0 bridgehead atoms. The maximum absolute atomic E-state index is 12.6. The number of benzene rings is 1. The lowest BCUT2D eigenvalue weighted by Gasteiger charge is -2.53. The third-order valence-electron chi connectivity index (χ3n) is 5.16. The Balaban J connectivity index is 1.32. The first-order valence-electron chi connectivity index (χ1n) is 9.55. The fourth-order valence-electron chi connectivity index (χ4n) is 3.41. The smallest absolute Gasteiger partial charge is 0.315 e. The second-order valence-electron chi connectivity index (χ2n) is 7.42.